The molecule has 3 nitrogen and oxygen atoms in total. The third-order valence-electron chi connectivity index (χ3n) is 1.87. The SMILES string of the molecule is Clc1ccc(Cl)c(/C=N\Nc2nccs2)c1Cl. The minimum Gasteiger partial charge on any atom is -0.253 e. The predicted octanol–water partition coefficient (Wildman–Crippen LogP) is 4.55. The van der Waals surface area contributed by atoms with Crippen LogP contribution in [0.3, 0.4) is 0 Å². The first-order valence-electron chi connectivity index (χ1n) is 4.50. The summed E-state index contributed by atoms with van der Waals surface area (Å²) in [6, 6.07) is 3.30. The lowest BCUT2D eigenvalue weighted by Crippen LogP contribution is -1.92. The van der Waals surface area contributed by atoms with Gasteiger partial charge in [0.25, 0.3) is 0 Å². The van der Waals surface area contributed by atoms with Crippen molar-refractivity contribution >= 4 is 57.5 Å². The van der Waals surface area contributed by atoms with Crippen LogP contribution in [-0.2, 0) is 0 Å². The van der Waals surface area contributed by atoms with Crippen LogP contribution in [0.4, 0.5) is 5.13 Å². The van der Waals surface area contributed by atoms with E-state index >= 15 is 0 Å². The van der Waals surface area contributed by atoms with Crippen LogP contribution in [-0.4, -0.2) is 11.2 Å². The van der Waals surface area contributed by atoms with E-state index in [-0.39, 0.29) is 0 Å². The number of hydrogen-bond donors (Lipinski definition) is 1. The molecule has 0 aliphatic carbocycles. The predicted molar refractivity (Wildman–Crippen MR) is 74.8 cm³/mol. The Morgan fingerprint density at radius 3 is 2.71 bits per heavy atom. The van der Waals surface area contributed by atoms with E-state index in [4.69, 9.17) is 34.8 Å². The summed E-state index contributed by atoms with van der Waals surface area (Å²) < 4.78 is 0. The average Bonchev–Trinajstić information content (AvgIpc) is 2.81. The van der Waals surface area contributed by atoms with Gasteiger partial charge in [-0.25, -0.2) is 4.98 Å². The summed E-state index contributed by atoms with van der Waals surface area (Å²) in [6.07, 6.45) is 3.19. The lowest BCUT2D eigenvalue weighted by atomic mass is 10.2. The first kappa shape index (κ1) is 12.6. The van der Waals surface area contributed by atoms with Crippen LogP contribution in [0.2, 0.25) is 15.1 Å². The van der Waals surface area contributed by atoms with E-state index in [1.165, 1.54) is 17.6 Å². The number of benzene rings is 1. The molecule has 0 fully saturated rings. The van der Waals surface area contributed by atoms with E-state index in [0.29, 0.717) is 25.8 Å². The number of halogens is 3. The zero-order valence-corrected chi connectivity index (χ0v) is 11.4. The summed E-state index contributed by atoms with van der Waals surface area (Å²) in [5, 5.41) is 7.83. The standard InChI is InChI=1S/C10H6Cl3N3S/c11-7-1-2-8(12)9(13)6(7)5-15-16-10-14-3-4-17-10/h1-5H,(H,14,16)/b15-5-. The number of hydrazone groups is 1. The molecule has 0 spiro atoms. The van der Waals surface area contributed by atoms with E-state index in [1.807, 2.05) is 5.38 Å². The van der Waals surface area contributed by atoms with Gasteiger partial charge in [0, 0.05) is 17.1 Å². The second kappa shape index (κ2) is 5.69. The molecule has 0 aliphatic rings. The van der Waals surface area contributed by atoms with Crippen molar-refractivity contribution in [3.05, 3.63) is 44.3 Å². The van der Waals surface area contributed by atoms with Gasteiger partial charge in [-0.3, -0.25) is 5.43 Å². The van der Waals surface area contributed by atoms with Gasteiger partial charge in [-0.2, -0.15) is 5.10 Å². The van der Waals surface area contributed by atoms with E-state index < -0.39 is 0 Å². The normalized spacial score (nSPS) is 11.0. The van der Waals surface area contributed by atoms with E-state index in [0.717, 1.165) is 0 Å². The van der Waals surface area contributed by atoms with Crippen molar-refractivity contribution in [2.75, 3.05) is 5.43 Å². The molecule has 0 saturated carbocycles. The van der Waals surface area contributed by atoms with E-state index in [1.54, 1.807) is 18.3 Å². The zero-order valence-electron chi connectivity index (χ0n) is 8.32. The quantitative estimate of drug-likeness (QED) is 0.513. The van der Waals surface area contributed by atoms with Crippen LogP contribution in [0.5, 0.6) is 0 Å². The molecule has 0 amide bonds. The molecule has 7 heteroatoms. The van der Waals surface area contributed by atoms with Gasteiger partial charge >= 0.3 is 0 Å². The Morgan fingerprint density at radius 2 is 2.00 bits per heavy atom. The molecule has 0 unspecified atom stereocenters. The van der Waals surface area contributed by atoms with Crippen molar-refractivity contribution in [2.45, 2.75) is 0 Å². The first-order valence-corrected chi connectivity index (χ1v) is 6.52. The van der Waals surface area contributed by atoms with Crippen molar-refractivity contribution in [1.82, 2.24) is 4.98 Å². The van der Waals surface area contributed by atoms with Gasteiger partial charge in [0.15, 0.2) is 0 Å². The first-order chi connectivity index (χ1) is 8.18. The molecule has 1 aromatic carbocycles. The maximum atomic E-state index is 6.01. The molecule has 1 N–H and O–H groups in total. The maximum absolute atomic E-state index is 6.01. The molecule has 0 bridgehead atoms. The summed E-state index contributed by atoms with van der Waals surface area (Å²) in [4.78, 5) is 4.01. The van der Waals surface area contributed by atoms with Crippen molar-refractivity contribution in [3.8, 4) is 0 Å². The van der Waals surface area contributed by atoms with Crippen LogP contribution in [0, 0.1) is 0 Å². The Balaban J connectivity index is 2.18. The Hall–Kier alpha value is -0.810. The Labute approximate surface area is 117 Å². The maximum Gasteiger partial charge on any atom is 0.203 e. The summed E-state index contributed by atoms with van der Waals surface area (Å²) in [7, 11) is 0. The lowest BCUT2D eigenvalue weighted by molar-refractivity contribution is 1.29. The summed E-state index contributed by atoms with van der Waals surface area (Å²) in [5.74, 6) is 0. The van der Waals surface area contributed by atoms with Gasteiger partial charge in [-0.15, -0.1) is 11.3 Å². The number of nitrogens with one attached hydrogen (secondary N) is 1. The van der Waals surface area contributed by atoms with Crippen LogP contribution < -0.4 is 5.43 Å². The molecule has 0 radical (unpaired) electrons. The fourth-order valence-corrected chi connectivity index (χ4v) is 2.20. The van der Waals surface area contributed by atoms with Crippen LogP contribution in [0.15, 0.2) is 28.8 Å². The molecule has 88 valence electrons. The van der Waals surface area contributed by atoms with Gasteiger partial charge in [0.05, 0.1) is 21.3 Å². The molecule has 1 aromatic heterocycles. The minimum absolute atomic E-state index is 0.379. The summed E-state index contributed by atoms with van der Waals surface area (Å²) >= 11 is 19.3. The lowest BCUT2D eigenvalue weighted by Gasteiger charge is -2.02. The largest absolute Gasteiger partial charge is 0.253 e. The fourth-order valence-electron chi connectivity index (χ4n) is 1.09. The van der Waals surface area contributed by atoms with Crippen molar-refractivity contribution in [3.63, 3.8) is 0 Å². The smallest absolute Gasteiger partial charge is 0.203 e. The Morgan fingerprint density at radius 1 is 1.24 bits per heavy atom. The highest BCUT2D eigenvalue weighted by Crippen LogP contribution is 2.30. The molecule has 1 heterocycles. The second-order valence-electron chi connectivity index (χ2n) is 2.96. The number of rotatable bonds is 3. The zero-order chi connectivity index (χ0) is 12.3. The van der Waals surface area contributed by atoms with E-state index in [9.17, 15) is 0 Å². The molecular weight excluding hydrogens is 301 g/mol. The second-order valence-corrected chi connectivity index (χ2v) is 5.05. The molecule has 0 aliphatic heterocycles. The monoisotopic (exact) mass is 305 g/mol. The molecule has 0 saturated heterocycles. The molecule has 2 rings (SSSR count). The van der Waals surface area contributed by atoms with Gasteiger partial charge in [0.2, 0.25) is 5.13 Å². The highest BCUT2D eigenvalue weighted by molar-refractivity contribution is 7.13. The van der Waals surface area contributed by atoms with Gasteiger partial charge in [0.1, 0.15) is 0 Å². The number of aromatic nitrogens is 1. The van der Waals surface area contributed by atoms with E-state index in [2.05, 4.69) is 15.5 Å². The van der Waals surface area contributed by atoms with Crippen LogP contribution in [0.25, 0.3) is 0 Å². The number of anilines is 1. The van der Waals surface area contributed by atoms with Gasteiger partial charge in [-0.05, 0) is 12.1 Å². The third kappa shape index (κ3) is 3.10. The number of hydrogen-bond acceptors (Lipinski definition) is 4. The molecule has 17 heavy (non-hydrogen) atoms. The van der Waals surface area contributed by atoms with Crippen molar-refractivity contribution in [1.29, 1.82) is 0 Å². The minimum atomic E-state index is 0.379. The highest BCUT2D eigenvalue weighted by atomic mass is 35.5. The molecule has 0 atom stereocenters. The molecule has 2 aromatic rings. The average molecular weight is 307 g/mol. The summed E-state index contributed by atoms with van der Waals surface area (Å²) in [6.45, 7) is 0. The van der Waals surface area contributed by atoms with Crippen molar-refractivity contribution < 1.29 is 0 Å². The van der Waals surface area contributed by atoms with Crippen LogP contribution in [0.1, 0.15) is 5.56 Å². The van der Waals surface area contributed by atoms with Crippen molar-refractivity contribution in [2.24, 2.45) is 5.10 Å². The van der Waals surface area contributed by atoms with Gasteiger partial charge in [-0.1, -0.05) is 34.8 Å². The number of nitrogens with zero attached hydrogens (tertiary/aromatic N) is 2. The summed E-state index contributed by atoms with van der Waals surface area (Å²) in [5.41, 5.74) is 3.34. The highest BCUT2D eigenvalue weighted by Gasteiger charge is 2.07. The molecular formula is C10H6Cl3N3S. The fraction of sp³-hybridized carbons (Fsp3) is 0. The topological polar surface area (TPSA) is 37.3 Å². The Bertz CT molecular complexity index is 540. The van der Waals surface area contributed by atoms with Crippen LogP contribution >= 0.6 is 46.1 Å². The van der Waals surface area contributed by atoms with Gasteiger partial charge < -0.3 is 0 Å². The Kier molecular flexibility index (Phi) is 4.23. The number of thiazole rings is 1. The third-order valence-corrected chi connectivity index (χ3v) is 3.69.